The van der Waals surface area contributed by atoms with Gasteiger partial charge in [0.15, 0.2) is 9.84 Å². The van der Waals surface area contributed by atoms with E-state index >= 15 is 0 Å². The second kappa shape index (κ2) is 4.99. The first kappa shape index (κ1) is 12.9. The molecule has 2 aromatic rings. The van der Waals surface area contributed by atoms with E-state index in [1.807, 2.05) is 12.1 Å². The van der Waals surface area contributed by atoms with Gasteiger partial charge in [-0.15, -0.1) is 0 Å². The summed E-state index contributed by atoms with van der Waals surface area (Å²) in [6.45, 7) is 0. The number of sulfone groups is 1. The van der Waals surface area contributed by atoms with Crippen LogP contribution in [-0.4, -0.2) is 19.7 Å². The molecule has 0 bridgehead atoms. The number of rotatable bonds is 3. The van der Waals surface area contributed by atoms with Gasteiger partial charge < -0.3 is 5.73 Å². The third-order valence-electron chi connectivity index (χ3n) is 2.22. The highest BCUT2D eigenvalue weighted by atomic mass is 32.2. The van der Waals surface area contributed by atoms with Crippen LogP contribution in [0.25, 0.3) is 0 Å². The maximum atomic E-state index is 11.3. The Labute approximate surface area is 110 Å². The van der Waals surface area contributed by atoms with Crippen molar-refractivity contribution in [2.24, 2.45) is 0 Å². The highest BCUT2D eigenvalue weighted by Crippen LogP contribution is 2.27. The molecule has 94 valence electrons. The molecule has 0 saturated carbocycles. The molecule has 18 heavy (non-hydrogen) atoms. The fraction of sp³-hybridized carbons (Fsp3) is 0.0833. The van der Waals surface area contributed by atoms with Crippen LogP contribution in [0.1, 0.15) is 0 Å². The number of anilines is 1. The van der Waals surface area contributed by atoms with Gasteiger partial charge in [0, 0.05) is 11.2 Å². The van der Waals surface area contributed by atoms with Crippen molar-refractivity contribution < 1.29 is 8.42 Å². The van der Waals surface area contributed by atoms with Crippen molar-refractivity contribution >= 4 is 27.4 Å². The van der Waals surface area contributed by atoms with Gasteiger partial charge in [0.2, 0.25) is 0 Å². The second-order valence-corrected chi connectivity index (χ2v) is 6.86. The minimum absolute atomic E-state index is 0.312. The van der Waals surface area contributed by atoms with Crippen LogP contribution in [-0.2, 0) is 9.84 Å². The summed E-state index contributed by atoms with van der Waals surface area (Å²) in [5, 5.41) is 0.780. The molecule has 1 aromatic heterocycles. The summed E-state index contributed by atoms with van der Waals surface area (Å²) < 4.78 is 22.6. The molecule has 1 aromatic carbocycles. The fourth-order valence-electron chi connectivity index (χ4n) is 1.36. The fourth-order valence-corrected chi connectivity index (χ4v) is 2.81. The van der Waals surface area contributed by atoms with Crippen molar-refractivity contribution in [2.45, 2.75) is 14.8 Å². The molecule has 0 spiro atoms. The summed E-state index contributed by atoms with van der Waals surface area (Å²) in [7, 11) is -3.14. The monoisotopic (exact) mass is 280 g/mol. The largest absolute Gasteiger partial charge is 0.384 e. The van der Waals surface area contributed by atoms with E-state index in [9.17, 15) is 8.42 Å². The predicted octanol–water partition coefficient (Wildman–Crippen LogP) is 2.22. The molecule has 6 heteroatoms. The average Bonchev–Trinajstić information content (AvgIpc) is 2.28. The Morgan fingerprint density at radius 2 is 1.78 bits per heavy atom. The quantitative estimate of drug-likeness (QED) is 0.933. The van der Waals surface area contributed by atoms with E-state index in [0.29, 0.717) is 10.7 Å². The molecular weight excluding hydrogens is 268 g/mol. The molecule has 4 nitrogen and oxygen atoms in total. The first-order chi connectivity index (χ1) is 8.45. The van der Waals surface area contributed by atoms with Crippen LogP contribution in [0.2, 0.25) is 0 Å². The average molecular weight is 280 g/mol. The zero-order valence-electron chi connectivity index (χ0n) is 9.70. The number of nitrogen functional groups attached to an aromatic ring is 1. The molecule has 0 aliphatic carbocycles. The summed E-state index contributed by atoms with van der Waals surface area (Å²) in [6, 6.07) is 12.1. The minimum Gasteiger partial charge on any atom is -0.384 e. The van der Waals surface area contributed by atoms with Crippen molar-refractivity contribution in [3.05, 3.63) is 42.5 Å². The predicted molar refractivity (Wildman–Crippen MR) is 72.3 cm³/mol. The third kappa shape index (κ3) is 3.24. The van der Waals surface area contributed by atoms with Gasteiger partial charge in [-0.1, -0.05) is 17.8 Å². The Kier molecular flexibility index (Phi) is 3.58. The Balaban J connectivity index is 2.21. The van der Waals surface area contributed by atoms with Crippen LogP contribution >= 0.6 is 11.8 Å². The number of aromatic nitrogens is 1. The van der Waals surface area contributed by atoms with E-state index in [0.717, 1.165) is 9.92 Å². The smallest absolute Gasteiger partial charge is 0.175 e. The van der Waals surface area contributed by atoms with Gasteiger partial charge in [0.05, 0.1) is 4.90 Å². The van der Waals surface area contributed by atoms with Crippen LogP contribution in [0.15, 0.2) is 57.3 Å². The second-order valence-electron chi connectivity index (χ2n) is 3.75. The van der Waals surface area contributed by atoms with Crippen LogP contribution in [0.4, 0.5) is 5.82 Å². The van der Waals surface area contributed by atoms with E-state index in [1.165, 1.54) is 18.0 Å². The highest BCUT2D eigenvalue weighted by molar-refractivity contribution is 7.99. The van der Waals surface area contributed by atoms with E-state index in [4.69, 9.17) is 5.73 Å². The molecule has 2 rings (SSSR count). The zero-order valence-corrected chi connectivity index (χ0v) is 11.3. The Bertz CT molecular complexity index is 652. The van der Waals surface area contributed by atoms with Crippen molar-refractivity contribution in [2.75, 3.05) is 12.0 Å². The lowest BCUT2D eigenvalue weighted by Gasteiger charge is -2.03. The van der Waals surface area contributed by atoms with Crippen molar-refractivity contribution in [3.8, 4) is 0 Å². The lowest BCUT2D eigenvalue weighted by atomic mass is 10.4. The van der Waals surface area contributed by atoms with Crippen LogP contribution in [0, 0.1) is 0 Å². The van der Waals surface area contributed by atoms with Gasteiger partial charge in [-0.2, -0.15) is 0 Å². The van der Waals surface area contributed by atoms with Gasteiger partial charge in [0.1, 0.15) is 10.8 Å². The normalized spacial score (nSPS) is 11.4. The van der Waals surface area contributed by atoms with E-state index < -0.39 is 9.84 Å². The minimum atomic E-state index is -3.14. The summed E-state index contributed by atoms with van der Waals surface area (Å²) in [4.78, 5) is 5.39. The van der Waals surface area contributed by atoms with Crippen LogP contribution < -0.4 is 5.73 Å². The molecule has 0 atom stereocenters. The molecule has 1 heterocycles. The maximum Gasteiger partial charge on any atom is 0.175 e. The van der Waals surface area contributed by atoms with Crippen molar-refractivity contribution in [1.29, 1.82) is 0 Å². The molecule has 0 saturated heterocycles. The molecule has 0 unspecified atom stereocenters. The number of benzene rings is 1. The number of hydrogen-bond acceptors (Lipinski definition) is 5. The number of pyridine rings is 1. The van der Waals surface area contributed by atoms with E-state index in [2.05, 4.69) is 4.98 Å². The topological polar surface area (TPSA) is 73.0 Å². The third-order valence-corrected chi connectivity index (χ3v) is 4.29. The standard InChI is InChI=1S/C12H12N2O2S2/c1-18(15,16)10-7-5-9(6-8-10)17-12-4-2-3-11(13)14-12/h2-8H,1H3,(H2,13,14). The zero-order chi connectivity index (χ0) is 13.2. The van der Waals surface area contributed by atoms with Gasteiger partial charge in [-0.3, -0.25) is 0 Å². The first-order valence-electron chi connectivity index (χ1n) is 5.16. The molecule has 0 aliphatic heterocycles. The molecule has 0 radical (unpaired) electrons. The Morgan fingerprint density at radius 3 is 2.33 bits per heavy atom. The maximum absolute atomic E-state index is 11.3. The van der Waals surface area contributed by atoms with Gasteiger partial charge in [-0.05, 0) is 36.4 Å². The Hall–Kier alpha value is -1.53. The first-order valence-corrected chi connectivity index (χ1v) is 7.86. The Morgan fingerprint density at radius 1 is 1.11 bits per heavy atom. The lowest BCUT2D eigenvalue weighted by molar-refractivity contribution is 0.602. The van der Waals surface area contributed by atoms with Crippen LogP contribution in [0.5, 0.6) is 0 Å². The summed E-state index contributed by atoms with van der Waals surface area (Å²) in [5.41, 5.74) is 5.59. The van der Waals surface area contributed by atoms with E-state index in [-0.39, 0.29) is 0 Å². The van der Waals surface area contributed by atoms with Gasteiger partial charge in [-0.25, -0.2) is 13.4 Å². The van der Waals surface area contributed by atoms with E-state index in [1.54, 1.807) is 30.3 Å². The molecule has 2 N–H and O–H groups in total. The molecular formula is C12H12N2O2S2. The van der Waals surface area contributed by atoms with Crippen molar-refractivity contribution in [3.63, 3.8) is 0 Å². The molecule has 0 fully saturated rings. The summed E-state index contributed by atoms with van der Waals surface area (Å²) >= 11 is 1.44. The highest BCUT2D eigenvalue weighted by Gasteiger charge is 2.06. The SMILES string of the molecule is CS(=O)(=O)c1ccc(Sc2cccc(N)n2)cc1. The summed E-state index contributed by atoms with van der Waals surface area (Å²) in [6.07, 6.45) is 1.19. The summed E-state index contributed by atoms with van der Waals surface area (Å²) in [5.74, 6) is 0.466. The molecule has 0 aliphatic rings. The molecule has 0 amide bonds. The van der Waals surface area contributed by atoms with Crippen molar-refractivity contribution in [1.82, 2.24) is 4.98 Å². The number of nitrogens with zero attached hydrogens (tertiary/aromatic N) is 1. The number of hydrogen-bond donors (Lipinski definition) is 1. The van der Waals surface area contributed by atoms with Gasteiger partial charge >= 0.3 is 0 Å². The van der Waals surface area contributed by atoms with Crippen LogP contribution in [0.3, 0.4) is 0 Å². The number of nitrogens with two attached hydrogens (primary N) is 1. The van der Waals surface area contributed by atoms with Gasteiger partial charge in [0.25, 0.3) is 0 Å². The lowest BCUT2D eigenvalue weighted by Crippen LogP contribution is -1.96.